The fraction of sp³-hybridized carbons (Fsp3) is 0.467. The molecule has 1 aromatic heterocycles. The summed E-state index contributed by atoms with van der Waals surface area (Å²) in [6.07, 6.45) is 3.75. The van der Waals surface area contributed by atoms with E-state index < -0.39 is 0 Å². The van der Waals surface area contributed by atoms with Crippen molar-refractivity contribution in [3.63, 3.8) is 0 Å². The van der Waals surface area contributed by atoms with E-state index in [0.29, 0.717) is 12.5 Å². The van der Waals surface area contributed by atoms with Crippen molar-refractivity contribution in [2.45, 2.75) is 45.6 Å². The molecule has 3 rings (SSSR count). The molecule has 1 heterocycles. The average molecular weight is 256 g/mol. The molecule has 1 fully saturated rings. The van der Waals surface area contributed by atoms with Gasteiger partial charge in [-0.3, -0.25) is 0 Å². The molecule has 100 valence electrons. The topological polar surface area (TPSA) is 56.7 Å². The second-order valence-corrected chi connectivity index (χ2v) is 5.46. The Hall–Kier alpha value is -1.68. The zero-order valence-electron chi connectivity index (χ0n) is 11.6. The molecule has 0 spiro atoms. The van der Waals surface area contributed by atoms with Crippen LogP contribution in [0.25, 0.3) is 5.69 Å². The number of rotatable bonds is 3. The van der Waals surface area contributed by atoms with Crippen LogP contribution in [0.15, 0.2) is 18.2 Å². The van der Waals surface area contributed by atoms with Gasteiger partial charge in [0.25, 0.3) is 0 Å². The lowest BCUT2D eigenvalue weighted by Crippen LogP contribution is -2.17. The van der Waals surface area contributed by atoms with Gasteiger partial charge in [-0.2, -0.15) is 0 Å². The van der Waals surface area contributed by atoms with E-state index in [1.807, 2.05) is 4.68 Å². The second-order valence-electron chi connectivity index (χ2n) is 5.46. The van der Waals surface area contributed by atoms with E-state index >= 15 is 0 Å². The minimum atomic E-state index is 0.469. The first-order chi connectivity index (χ1) is 9.20. The summed E-state index contributed by atoms with van der Waals surface area (Å²) in [7, 11) is 0. The summed E-state index contributed by atoms with van der Waals surface area (Å²) < 4.78 is 2.01. The number of nitrogens with two attached hydrogens (primary N) is 1. The highest BCUT2D eigenvalue weighted by atomic mass is 15.4. The zero-order valence-corrected chi connectivity index (χ0v) is 11.6. The van der Waals surface area contributed by atoms with E-state index in [4.69, 9.17) is 5.73 Å². The lowest BCUT2D eigenvalue weighted by atomic mass is 9.82. The highest BCUT2D eigenvalue weighted by Gasteiger charge is 2.28. The lowest BCUT2D eigenvalue weighted by Gasteiger charge is -2.27. The summed E-state index contributed by atoms with van der Waals surface area (Å²) in [5.74, 6) is 0.577. The van der Waals surface area contributed by atoms with Gasteiger partial charge in [0, 0.05) is 12.5 Å². The van der Waals surface area contributed by atoms with Crippen molar-refractivity contribution in [3.05, 3.63) is 40.7 Å². The van der Waals surface area contributed by atoms with Crippen molar-refractivity contribution in [3.8, 4) is 5.69 Å². The minimum Gasteiger partial charge on any atom is -0.325 e. The molecule has 1 aliphatic rings. The number of hydrogen-bond acceptors (Lipinski definition) is 3. The zero-order chi connectivity index (χ0) is 13.4. The molecule has 2 N–H and O–H groups in total. The standard InChI is InChI=1S/C15H20N4/c1-10-6-7-11(2)14(8-10)19-15(12-4-3-5-12)13(9-16)17-18-19/h6-8,12H,3-5,9,16H2,1-2H3. The molecular weight excluding hydrogens is 236 g/mol. The molecule has 1 saturated carbocycles. The normalized spacial score (nSPS) is 15.5. The summed E-state index contributed by atoms with van der Waals surface area (Å²) in [6, 6.07) is 6.44. The molecular formula is C15H20N4. The van der Waals surface area contributed by atoms with Crippen molar-refractivity contribution in [2.24, 2.45) is 5.73 Å². The maximum atomic E-state index is 5.81. The largest absolute Gasteiger partial charge is 0.325 e. The van der Waals surface area contributed by atoms with Crippen LogP contribution >= 0.6 is 0 Å². The lowest BCUT2D eigenvalue weighted by molar-refractivity contribution is 0.400. The average Bonchev–Trinajstić information content (AvgIpc) is 2.74. The molecule has 0 bridgehead atoms. The number of hydrogen-bond donors (Lipinski definition) is 1. The highest BCUT2D eigenvalue weighted by Crippen LogP contribution is 2.38. The van der Waals surface area contributed by atoms with Crippen LogP contribution in [0.4, 0.5) is 0 Å². The highest BCUT2D eigenvalue weighted by molar-refractivity contribution is 5.44. The number of nitrogens with zero attached hydrogens (tertiary/aromatic N) is 3. The monoisotopic (exact) mass is 256 g/mol. The van der Waals surface area contributed by atoms with Crippen LogP contribution in [0.5, 0.6) is 0 Å². The summed E-state index contributed by atoms with van der Waals surface area (Å²) in [4.78, 5) is 0. The third-order valence-electron chi connectivity index (χ3n) is 4.06. The third-order valence-corrected chi connectivity index (χ3v) is 4.06. The molecule has 0 unspecified atom stereocenters. The molecule has 4 nitrogen and oxygen atoms in total. The third kappa shape index (κ3) is 2.06. The van der Waals surface area contributed by atoms with Gasteiger partial charge in [0.15, 0.2) is 0 Å². The predicted molar refractivity (Wildman–Crippen MR) is 75.3 cm³/mol. The minimum absolute atomic E-state index is 0.469. The fourth-order valence-corrected chi connectivity index (χ4v) is 2.68. The molecule has 4 heteroatoms. The molecule has 0 saturated heterocycles. The van der Waals surface area contributed by atoms with Crippen molar-refractivity contribution in [1.29, 1.82) is 0 Å². The van der Waals surface area contributed by atoms with Gasteiger partial charge in [-0.1, -0.05) is 23.8 Å². The van der Waals surface area contributed by atoms with E-state index in [1.165, 1.54) is 36.1 Å². The summed E-state index contributed by atoms with van der Waals surface area (Å²) in [6.45, 7) is 4.69. The summed E-state index contributed by atoms with van der Waals surface area (Å²) in [5.41, 5.74) is 11.6. The molecule has 2 aromatic rings. The molecule has 1 aromatic carbocycles. The van der Waals surface area contributed by atoms with Crippen LogP contribution in [0.3, 0.4) is 0 Å². The summed E-state index contributed by atoms with van der Waals surface area (Å²) >= 11 is 0. The maximum absolute atomic E-state index is 5.81. The van der Waals surface area contributed by atoms with E-state index in [0.717, 1.165) is 11.4 Å². The maximum Gasteiger partial charge on any atom is 0.100 e. The van der Waals surface area contributed by atoms with Gasteiger partial charge in [0.05, 0.1) is 11.4 Å². The molecule has 0 radical (unpaired) electrons. The quantitative estimate of drug-likeness (QED) is 0.918. The fourth-order valence-electron chi connectivity index (χ4n) is 2.68. The van der Waals surface area contributed by atoms with Gasteiger partial charge in [-0.05, 0) is 43.9 Å². The van der Waals surface area contributed by atoms with Gasteiger partial charge in [-0.15, -0.1) is 5.10 Å². The molecule has 1 aliphatic carbocycles. The first-order valence-corrected chi connectivity index (χ1v) is 6.93. The number of aromatic nitrogens is 3. The van der Waals surface area contributed by atoms with Crippen molar-refractivity contribution in [1.82, 2.24) is 15.0 Å². The van der Waals surface area contributed by atoms with E-state index in [9.17, 15) is 0 Å². The number of aryl methyl sites for hydroxylation is 2. The Morgan fingerprint density at radius 2 is 2.11 bits per heavy atom. The van der Waals surface area contributed by atoms with Crippen LogP contribution in [0.1, 0.15) is 47.7 Å². The van der Waals surface area contributed by atoms with Crippen LogP contribution in [0, 0.1) is 13.8 Å². The van der Waals surface area contributed by atoms with E-state index in [1.54, 1.807) is 0 Å². The van der Waals surface area contributed by atoms with Crippen molar-refractivity contribution < 1.29 is 0 Å². The smallest absolute Gasteiger partial charge is 0.100 e. The van der Waals surface area contributed by atoms with Crippen LogP contribution in [-0.2, 0) is 6.54 Å². The van der Waals surface area contributed by atoms with Gasteiger partial charge < -0.3 is 5.73 Å². The van der Waals surface area contributed by atoms with Gasteiger partial charge >= 0.3 is 0 Å². The van der Waals surface area contributed by atoms with Gasteiger partial charge in [0.1, 0.15) is 5.69 Å². The Labute approximate surface area is 113 Å². The van der Waals surface area contributed by atoms with Crippen molar-refractivity contribution in [2.75, 3.05) is 0 Å². The SMILES string of the molecule is Cc1ccc(C)c(-n2nnc(CN)c2C2CCC2)c1. The van der Waals surface area contributed by atoms with Crippen LogP contribution in [-0.4, -0.2) is 15.0 Å². The Bertz CT molecular complexity index is 596. The Morgan fingerprint density at radius 3 is 2.74 bits per heavy atom. The molecule has 19 heavy (non-hydrogen) atoms. The van der Waals surface area contributed by atoms with Gasteiger partial charge in [0.2, 0.25) is 0 Å². The Morgan fingerprint density at radius 1 is 1.32 bits per heavy atom. The van der Waals surface area contributed by atoms with Crippen LogP contribution in [0.2, 0.25) is 0 Å². The van der Waals surface area contributed by atoms with E-state index in [-0.39, 0.29) is 0 Å². The Balaban J connectivity index is 2.14. The van der Waals surface area contributed by atoms with E-state index in [2.05, 4.69) is 42.4 Å². The predicted octanol–water partition coefficient (Wildman–Crippen LogP) is 2.61. The molecule has 0 amide bonds. The second kappa shape index (κ2) is 4.78. The molecule has 0 atom stereocenters. The Kier molecular flexibility index (Phi) is 3.11. The van der Waals surface area contributed by atoms with Crippen molar-refractivity contribution >= 4 is 0 Å². The van der Waals surface area contributed by atoms with Gasteiger partial charge in [-0.25, -0.2) is 4.68 Å². The summed E-state index contributed by atoms with van der Waals surface area (Å²) in [5, 5.41) is 8.62. The molecule has 0 aliphatic heterocycles. The van der Waals surface area contributed by atoms with Crippen LogP contribution < -0.4 is 5.73 Å². The number of benzene rings is 1. The first kappa shape index (κ1) is 12.4. The first-order valence-electron chi connectivity index (χ1n) is 6.93.